The molecule has 0 fully saturated rings. The van der Waals surface area contributed by atoms with Crippen LogP contribution in [0.4, 0.5) is 0 Å². The van der Waals surface area contributed by atoms with Gasteiger partial charge >= 0.3 is 0 Å². The average Bonchev–Trinajstić information content (AvgIpc) is 2.29. The summed E-state index contributed by atoms with van der Waals surface area (Å²) in [4.78, 5) is 13.8. The van der Waals surface area contributed by atoms with Crippen molar-refractivity contribution in [1.82, 2.24) is 10.2 Å². The van der Waals surface area contributed by atoms with Gasteiger partial charge in [0.2, 0.25) is 5.91 Å². The van der Waals surface area contributed by atoms with Crippen LogP contribution in [0.1, 0.15) is 24.1 Å². The molecule has 2 rings (SSSR count). The molecule has 0 saturated heterocycles. The summed E-state index contributed by atoms with van der Waals surface area (Å²) < 4.78 is 0. The summed E-state index contributed by atoms with van der Waals surface area (Å²) in [6.07, 6.45) is 0.885. The smallest absolute Gasteiger partial charge is 0.237 e. The van der Waals surface area contributed by atoms with E-state index in [1.165, 1.54) is 11.1 Å². The Morgan fingerprint density at radius 1 is 1.59 bits per heavy atom. The van der Waals surface area contributed by atoms with E-state index in [0.29, 0.717) is 6.54 Å². The Morgan fingerprint density at radius 2 is 2.35 bits per heavy atom. The van der Waals surface area contributed by atoms with Gasteiger partial charge in [0.1, 0.15) is 0 Å². The highest BCUT2D eigenvalue weighted by atomic mass is 35.5. The van der Waals surface area contributed by atoms with Crippen LogP contribution in [-0.4, -0.2) is 30.9 Å². The van der Waals surface area contributed by atoms with Crippen LogP contribution in [0.3, 0.4) is 0 Å². The van der Waals surface area contributed by atoms with Crippen LogP contribution in [0.2, 0.25) is 5.02 Å². The fourth-order valence-corrected chi connectivity index (χ4v) is 2.59. The number of halogens is 1. The van der Waals surface area contributed by atoms with E-state index in [1.54, 1.807) is 7.05 Å². The van der Waals surface area contributed by atoms with Crippen molar-refractivity contribution in [2.45, 2.75) is 19.4 Å². The number of benzene rings is 1. The normalized spacial score (nSPS) is 19.0. The molecule has 0 saturated carbocycles. The summed E-state index contributed by atoms with van der Waals surface area (Å²) in [6, 6.07) is 6.06. The molecule has 1 aromatic carbocycles. The third kappa shape index (κ3) is 2.45. The Bertz CT molecular complexity index is 433. The molecule has 0 aliphatic carbocycles. The van der Waals surface area contributed by atoms with Crippen LogP contribution < -0.4 is 5.32 Å². The van der Waals surface area contributed by atoms with E-state index in [9.17, 15) is 4.79 Å². The number of fused-ring (bicyclic) bond motifs is 1. The van der Waals surface area contributed by atoms with Gasteiger partial charge in [0.05, 0.1) is 12.6 Å². The minimum absolute atomic E-state index is 0.136. The van der Waals surface area contributed by atoms with E-state index in [4.69, 9.17) is 11.6 Å². The maximum atomic E-state index is 11.9. The Labute approximate surface area is 107 Å². The zero-order valence-electron chi connectivity index (χ0n) is 10.2. The number of rotatable bonds is 2. The second kappa shape index (κ2) is 5.07. The van der Waals surface area contributed by atoms with Crippen molar-refractivity contribution in [2.75, 3.05) is 20.1 Å². The molecule has 17 heavy (non-hydrogen) atoms. The highest BCUT2D eigenvalue weighted by molar-refractivity contribution is 6.30. The van der Waals surface area contributed by atoms with Gasteiger partial charge in [-0.3, -0.25) is 4.79 Å². The van der Waals surface area contributed by atoms with Gasteiger partial charge < -0.3 is 10.2 Å². The van der Waals surface area contributed by atoms with Gasteiger partial charge in [-0.25, -0.2) is 0 Å². The minimum atomic E-state index is 0.136. The van der Waals surface area contributed by atoms with Crippen molar-refractivity contribution >= 4 is 17.5 Å². The standard InChI is InChI=1S/C13H17ClN2O/c1-9-12-4-3-11(14)7-10(12)5-6-16(9)13(17)8-15-2/h3-4,7,9,15H,5-6,8H2,1-2H3. The second-order valence-electron chi connectivity index (χ2n) is 4.39. The second-order valence-corrected chi connectivity index (χ2v) is 4.82. The van der Waals surface area contributed by atoms with Crippen LogP contribution in [0.15, 0.2) is 18.2 Å². The quantitative estimate of drug-likeness (QED) is 0.873. The molecule has 1 heterocycles. The van der Waals surface area contributed by atoms with Crippen LogP contribution in [0, 0.1) is 0 Å². The SMILES string of the molecule is CNCC(=O)N1CCc2cc(Cl)ccc2C1C. The predicted molar refractivity (Wildman–Crippen MR) is 69.2 cm³/mol. The summed E-state index contributed by atoms with van der Waals surface area (Å²) in [7, 11) is 1.79. The van der Waals surface area contributed by atoms with Gasteiger partial charge in [0.15, 0.2) is 0 Å². The number of nitrogens with zero attached hydrogens (tertiary/aromatic N) is 1. The van der Waals surface area contributed by atoms with Crippen molar-refractivity contribution in [2.24, 2.45) is 0 Å². The molecular weight excluding hydrogens is 236 g/mol. The first-order valence-electron chi connectivity index (χ1n) is 5.86. The number of hydrogen-bond donors (Lipinski definition) is 1. The Morgan fingerprint density at radius 3 is 3.06 bits per heavy atom. The summed E-state index contributed by atoms with van der Waals surface area (Å²) in [5.41, 5.74) is 2.48. The topological polar surface area (TPSA) is 32.3 Å². The summed E-state index contributed by atoms with van der Waals surface area (Å²) in [6.45, 7) is 3.24. The average molecular weight is 253 g/mol. The monoisotopic (exact) mass is 252 g/mol. The Hall–Kier alpha value is -1.06. The van der Waals surface area contributed by atoms with E-state index in [2.05, 4.69) is 12.2 Å². The van der Waals surface area contributed by atoms with Crippen LogP contribution in [0.25, 0.3) is 0 Å². The van der Waals surface area contributed by atoms with Gasteiger partial charge in [-0.15, -0.1) is 0 Å². The third-order valence-corrected chi connectivity index (χ3v) is 3.53. The number of amides is 1. The van der Waals surface area contributed by atoms with Crippen molar-refractivity contribution < 1.29 is 4.79 Å². The molecule has 1 amide bonds. The molecule has 0 bridgehead atoms. The molecular formula is C13H17ClN2O. The van der Waals surface area contributed by atoms with Crippen molar-refractivity contribution in [3.8, 4) is 0 Å². The first kappa shape index (κ1) is 12.4. The van der Waals surface area contributed by atoms with Crippen molar-refractivity contribution in [1.29, 1.82) is 0 Å². The molecule has 1 aromatic rings. The maximum Gasteiger partial charge on any atom is 0.237 e. The molecule has 92 valence electrons. The van der Waals surface area contributed by atoms with Crippen LogP contribution in [0.5, 0.6) is 0 Å². The number of carbonyl (C=O) groups is 1. The molecule has 4 heteroatoms. The van der Waals surface area contributed by atoms with E-state index < -0.39 is 0 Å². The van der Waals surface area contributed by atoms with Crippen molar-refractivity contribution in [3.05, 3.63) is 34.3 Å². The van der Waals surface area contributed by atoms with E-state index in [0.717, 1.165) is 18.0 Å². The largest absolute Gasteiger partial charge is 0.334 e. The molecule has 0 aromatic heterocycles. The minimum Gasteiger partial charge on any atom is -0.334 e. The summed E-state index contributed by atoms with van der Waals surface area (Å²) in [5.74, 6) is 0.153. The molecule has 0 spiro atoms. The van der Waals surface area contributed by atoms with E-state index >= 15 is 0 Å². The third-order valence-electron chi connectivity index (χ3n) is 3.29. The number of carbonyl (C=O) groups excluding carboxylic acids is 1. The summed E-state index contributed by atoms with van der Waals surface area (Å²) in [5, 5.41) is 3.68. The first-order valence-corrected chi connectivity index (χ1v) is 6.23. The molecule has 3 nitrogen and oxygen atoms in total. The Kier molecular flexibility index (Phi) is 3.69. The van der Waals surface area contributed by atoms with Gasteiger partial charge in [-0.2, -0.15) is 0 Å². The van der Waals surface area contributed by atoms with Gasteiger partial charge in [-0.1, -0.05) is 17.7 Å². The highest BCUT2D eigenvalue weighted by Crippen LogP contribution is 2.30. The van der Waals surface area contributed by atoms with Crippen LogP contribution >= 0.6 is 11.6 Å². The fourth-order valence-electron chi connectivity index (χ4n) is 2.39. The lowest BCUT2D eigenvalue weighted by molar-refractivity contribution is -0.132. The molecule has 0 radical (unpaired) electrons. The zero-order chi connectivity index (χ0) is 12.4. The number of hydrogen-bond acceptors (Lipinski definition) is 2. The molecule has 1 aliphatic rings. The molecule has 1 unspecified atom stereocenters. The number of nitrogens with one attached hydrogen (secondary N) is 1. The number of likely N-dealkylation sites (N-methyl/N-ethyl adjacent to an activating group) is 1. The van der Waals surface area contributed by atoms with Gasteiger partial charge in [-0.05, 0) is 43.7 Å². The lowest BCUT2D eigenvalue weighted by atomic mass is 9.93. The summed E-state index contributed by atoms with van der Waals surface area (Å²) >= 11 is 5.98. The Balaban J connectivity index is 2.24. The molecule has 1 N–H and O–H groups in total. The predicted octanol–water partition coefficient (Wildman–Crippen LogP) is 2.01. The highest BCUT2D eigenvalue weighted by Gasteiger charge is 2.26. The van der Waals surface area contributed by atoms with E-state index in [1.807, 2.05) is 23.1 Å². The van der Waals surface area contributed by atoms with Crippen molar-refractivity contribution in [3.63, 3.8) is 0 Å². The van der Waals surface area contributed by atoms with Crippen LogP contribution in [-0.2, 0) is 11.2 Å². The fraction of sp³-hybridized carbons (Fsp3) is 0.462. The zero-order valence-corrected chi connectivity index (χ0v) is 10.9. The van der Waals surface area contributed by atoms with Gasteiger partial charge in [0.25, 0.3) is 0 Å². The molecule has 1 atom stereocenters. The first-order chi connectivity index (χ1) is 8.13. The lowest BCUT2D eigenvalue weighted by Crippen LogP contribution is -2.42. The maximum absolute atomic E-state index is 11.9. The lowest BCUT2D eigenvalue weighted by Gasteiger charge is -2.35. The van der Waals surface area contributed by atoms with E-state index in [-0.39, 0.29) is 11.9 Å². The molecule has 1 aliphatic heterocycles. The van der Waals surface area contributed by atoms with Gasteiger partial charge in [0, 0.05) is 11.6 Å².